The number of anilines is 2. The Morgan fingerprint density at radius 2 is 1.51 bits per heavy atom. The average Bonchev–Trinajstić information content (AvgIpc) is 3.56. The first-order chi connectivity index (χ1) is 23.8. The topological polar surface area (TPSA) is 119 Å². The summed E-state index contributed by atoms with van der Waals surface area (Å²) in [6.45, 7) is 2.20. The maximum Gasteiger partial charge on any atom is 0.347 e. The molecule has 6 rings (SSSR count). The van der Waals surface area contributed by atoms with E-state index in [1.54, 1.807) is 47.2 Å². The number of benzene rings is 5. The van der Waals surface area contributed by atoms with E-state index in [2.05, 4.69) is 28.0 Å². The van der Waals surface area contributed by atoms with Crippen LogP contribution in [0.5, 0.6) is 0 Å². The number of carbonyl (C=O) groups excluding carboxylic acids is 2. The molecule has 0 aliphatic heterocycles. The highest BCUT2D eigenvalue weighted by atomic mass is 32.2. The van der Waals surface area contributed by atoms with Crippen molar-refractivity contribution in [1.29, 1.82) is 0 Å². The second-order valence-electron chi connectivity index (χ2n) is 11.2. The smallest absolute Gasteiger partial charge is 0.347 e. The zero-order valence-electron chi connectivity index (χ0n) is 26.5. The summed E-state index contributed by atoms with van der Waals surface area (Å²) in [5, 5.41) is 10.0. The maximum atomic E-state index is 13.4. The Labute approximate surface area is 284 Å². The standard InChI is InChI=1S/C39H32N4O5S/c1-28-12-19-34(20-13-28)49(46,47)48-25-7-23-40-35-21-18-33(30-8-3-2-4-9-30)26-36(35)42-38(44)32-16-14-29(15-17-32)27-41-39(45)43-24-22-31-10-5-6-11-37(31)43/h2-6,8-22,24,26,40H,23,27H2,1H3,(H,41,45)(H,42,44). The van der Waals surface area contributed by atoms with Gasteiger partial charge in [0.15, 0.2) is 0 Å². The van der Waals surface area contributed by atoms with Crippen molar-refractivity contribution in [3.05, 3.63) is 150 Å². The van der Waals surface area contributed by atoms with Crippen molar-refractivity contribution in [2.24, 2.45) is 0 Å². The molecule has 2 amide bonds. The Morgan fingerprint density at radius 1 is 0.776 bits per heavy atom. The number of hydrogen-bond acceptors (Lipinski definition) is 6. The number of aromatic nitrogens is 1. The van der Waals surface area contributed by atoms with Gasteiger partial charge in [0, 0.05) is 23.7 Å². The molecule has 0 spiro atoms. The van der Waals surface area contributed by atoms with E-state index in [4.69, 9.17) is 4.18 Å². The van der Waals surface area contributed by atoms with E-state index in [-0.39, 0.29) is 29.9 Å². The lowest BCUT2D eigenvalue weighted by Crippen LogP contribution is -2.27. The van der Waals surface area contributed by atoms with Gasteiger partial charge in [-0.15, -0.1) is 0 Å². The summed E-state index contributed by atoms with van der Waals surface area (Å²) in [6, 6.07) is 37.9. The Hall–Kier alpha value is -6.31. The zero-order chi connectivity index (χ0) is 34.2. The molecule has 0 aliphatic rings. The van der Waals surface area contributed by atoms with Crippen LogP contribution in [-0.2, 0) is 20.8 Å². The number of hydrogen-bond donors (Lipinski definition) is 3. The van der Waals surface area contributed by atoms with E-state index in [1.807, 2.05) is 85.8 Å². The molecule has 0 radical (unpaired) electrons. The van der Waals surface area contributed by atoms with Crippen molar-refractivity contribution in [1.82, 2.24) is 9.88 Å². The maximum absolute atomic E-state index is 13.4. The van der Waals surface area contributed by atoms with Crippen LogP contribution in [0.3, 0.4) is 0 Å². The first kappa shape index (κ1) is 32.6. The van der Waals surface area contributed by atoms with Gasteiger partial charge in [0.05, 0.1) is 23.4 Å². The molecule has 49 heavy (non-hydrogen) atoms. The third kappa shape index (κ3) is 7.99. The van der Waals surface area contributed by atoms with Crippen molar-refractivity contribution < 1.29 is 22.2 Å². The SMILES string of the molecule is Cc1ccc(S(=O)(=O)OC#CCNc2ccc(-c3ccccc3)cc2NC(=O)c2ccc(CNC(=O)n3ccc4ccccc43)cc2)cc1. The van der Waals surface area contributed by atoms with Crippen LogP contribution in [0.2, 0.25) is 0 Å². The quantitative estimate of drug-likeness (QED) is 0.109. The predicted octanol–water partition coefficient (Wildman–Crippen LogP) is 7.41. The first-order valence-corrected chi connectivity index (χ1v) is 16.8. The highest BCUT2D eigenvalue weighted by Gasteiger charge is 2.15. The van der Waals surface area contributed by atoms with Gasteiger partial charge in [0.2, 0.25) is 0 Å². The molecule has 0 aliphatic carbocycles. The monoisotopic (exact) mass is 668 g/mol. The Morgan fingerprint density at radius 3 is 2.29 bits per heavy atom. The van der Waals surface area contributed by atoms with E-state index in [0.717, 1.165) is 33.2 Å². The summed E-state index contributed by atoms with van der Waals surface area (Å²) in [5.41, 5.74) is 5.97. The molecule has 0 fully saturated rings. The van der Waals surface area contributed by atoms with Crippen LogP contribution in [0, 0.1) is 19.0 Å². The molecule has 5 aromatic carbocycles. The number of fused-ring (bicyclic) bond motifs is 1. The van der Waals surface area contributed by atoms with Gasteiger partial charge in [-0.1, -0.05) is 84.4 Å². The lowest BCUT2D eigenvalue weighted by atomic mass is 10.0. The molecule has 6 aromatic rings. The molecule has 0 saturated heterocycles. The van der Waals surface area contributed by atoms with Crippen LogP contribution in [0.4, 0.5) is 16.2 Å². The van der Waals surface area contributed by atoms with Gasteiger partial charge in [0.25, 0.3) is 5.91 Å². The van der Waals surface area contributed by atoms with E-state index in [9.17, 15) is 18.0 Å². The molecule has 0 saturated carbocycles. The minimum atomic E-state index is -4.02. The van der Waals surface area contributed by atoms with E-state index in [1.165, 1.54) is 12.1 Å². The molecule has 0 bridgehead atoms. The molecule has 1 heterocycles. The fourth-order valence-corrected chi connectivity index (χ4v) is 5.85. The Bertz CT molecular complexity index is 2290. The summed E-state index contributed by atoms with van der Waals surface area (Å²) < 4.78 is 31.3. The lowest BCUT2D eigenvalue weighted by molar-refractivity contribution is 0.102. The van der Waals surface area contributed by atoms with Gasteiger partial charge in [-0.05, 0) is 78.1 Å². The van der Waals surface area contributed by atoms with Crippen LogP contribution in [0.1, 0.15) is 21.5 Å². The van der Waals surface area contributed by atoms with Crippen molar-refractivity contribution in [3.8, 4) is 23.2 Å². The molecular weight excluding hydrogens is 637 g/mol. The van der Waals surface area contributed by atoms with Gasteiger partial charge in [0.1, 0.15) is 11.0 Å². The first-order valence-electron chi connectivity index (χ1n) is 15.4. The summed E-state index contributed by atoms with van der Waals surface area (Å²) in [5.74, 6) is 2.33. The molecule has 1 aromatic heterocycles. The lowest BCUT2D eigenvalue weighted by Gasteiger charge is -2.14. The summed E-state index contributed by atoms with van der Waals surface area (Å²) in [4.78, 5) is 26.2. The van der Waals surface area contributed by atoms with Crippen molar-refractivity contribution in [2.75, 3.05) is 17.2 Å². The highest BCUT2D eigenvalue weighted by Crippen LogP contribution is 2.29. The third-order valence-electron chi connectivity index (χ3n) is 7.75. The fourth-order valence-electron chi connectivity index (χ4n) is 5.12. The molecule has 0 unspecified atom stereocenters. The largest absolute Gasteiger partial charge is 0.372 e. The zero-order valence-corrected chi connectivity index (χ0v) is 27.3. The van der Waals surface area contributed by atoms with Crippen molar-refractivity contribution >= 4 is 44.3 Å². The van der Waals surface area contributed by atoms with E-state index >= 15 is 0 Å². The van der Waals surface area contributed by atoms with Crippen LogP contribution in [-0.4, -0.2) is 31.5 Å². The second-order valence-corrected chi connectivity index (χ2v) is 12.7. The highest BCUT2D eigenvalue weighted by molar-refractivity contribution is 7.86. The molecular formula is C39H32N4O5S. The molecule has 244 valence electrons. The van der Waals surface area contributed by atoms with Gasteiger partial charge in [-0.3, -0.25) is 9.36 Å². The number of aryl methyl sites for hydroxylation is 1. The number of nitrogens with one attached hydrogen (secondary N) is 3. The predicted molar refractivity (Wildman–Crippen MR) is 192 cm³/mol. The third-order valence-corrected chi connectivity index (χ3v) is 8.91. The van der Waals surface area contributed by atoms with Crippen LogP contribution >= 0.6 is 0 Å². The molecule has 9 nitrogen and oxygen atoms in total. The normalized spacial score (nSPS) is 10.9. The Balaban J connectivity index is 1.12. The minimum Gasteiger partial charge on any atom is -0.372 e. The van der Waals surface area contributed by atoms with Crippen LogP contribution < -0.4 is 16.0 Å². The number of para-hydroxylation sites is 1. The minimum absolute atomic E-state index is 0.0188. The molecule has 3 N–H and O–H groups in total. The summed E-state index contributed by atoms with van der Waals surface area (Å²) >= 11 is 0. The van der Waals surface area contributed by atoms with E-state index < -0.39 is 10.1 Å². The molecule has 10 heteroatoms. The van der Waals surface area contributed by atoms with Crippen LogP contribution in [0.15, 0.2) is 138 Å². The van der Waals surface area contributed by atoms with Crippen molar-refractivity contribution in [3.63, 3.8) is 0 Å². The van der Waals surface area contributed by atoms with Gasteiger partial charge < -0.3 is 20.1 Å². The Kier molecular flexibility index (Phi) is 9.74. The number of rotatable bonds is 9. The number of amides is 2. The van der Waals surface area contributed by atoms with E-state index in [0.29, 0.717) is 16.9 Å². The van der Waals surface area contributed by atoms with Gasteiger partial charge in [-0.25, -0.2) is 4.79 Å². The van der Waals surface area contributed by atoms with Crippen molar-refractivity contribution in [2.45, 2.75) is 18.4 Å². The fraction of sp³-hybridized carbons (Fsp3) is 0.0769. The van der Waals surface area contributed by atoms with Crippen LogP contribution in [0.25, 0.3) is 22.0 Å². The average molecular weight is 669 g/mol. The molecule has 0 atom stereocenters. The number of carbonyl (C=O) groups is 2. The summed E-state index contributed by atoms with van der Waals surface area (Å²) in [6.07, 6.45) is 3.99. The second kappa shape index (κ2) is 14.6. The number of nitrogens with zero attached hydrogens (tertiary/aromatic N) is 1. The van der Waals surface area contributed by atoms with Gasteiger partial charge in [-0.2, -0.15) is 8.42 Å². The summed E-state index contributed by atoms with van der Waals surface area (Å²) in [7, 11) is -4.02. The van der Waals surface area contributed by atoms with Gasteiger partial charge >= 0.3 is 16.1 Å².